The van der Waals surface area contributed by atoms with Gasteiger partial charge in [0.15, 0.2) is 6.10 Å². The second kappa shape index (κ2) is 50.9. The largest absolute Gasteiger partial charge is 0.472 e. The zero-order valence-corrected chi connectivity index (χ0v) is 47.0. The second-order valence-electron chi connectivity index (χ2n) is 21.8. The van der Waals surface area contributed by atoms with Crippen LogP contribution in [0.15, 0.2) is 0 Å². The van der Waals surface area contributed by atoms with Gasteiger partial charge in [0.1, 0.15) is 19.8 Å². The molecule has 68 heavy (non-hydrogen) atoms. The maximum atomic E-state index is 12.7. The zero-order valence-electron chi connectivity index (χ0n) is 46.1. The molecule has 0 aromatic carbocycles. The Morgan fingerprint density at radius 2 is 0.662 bits per heavy atom. The standard InChI is InChI=1S/C58H116NO8P/c1-6-8-10-12-14-15-16-17-18-19-20-21-22-23-24-25-26-27-28-29-30-31-32-33-34-35-36-37-38-39-40-41-42-43-45-47-49-51-58(61)67-56(55-66-68(62,63)65-53-52-59(3,4)5)54-64-57(60)50-48-46-44-13-11-9-7-2/h56H,6-55H2,1-5H3/p+1. The summed E-state index contributed by atoms with van der Waals surface area (Å²) in [7, 11) is 1.50. The molecule has 0 amide bonds. The van der Waals surface area contributed by atoms with Crippen LogP contribution in [0.2, 0.25) is 0 Å². The van der Waals surface area contributed by atoms with Crippen LogP contribution in [0.4, 0.5) is 0 Å². The minimum Gasteiger partial charge on any atom is -0.462 e. The SMILES string of the molecule is CCCCCCCCCCCCCCCCCCCCCCCCCCCCCCCCCCCCCCCC(=O)OC(COC(=O)CCCCCCCCC)COP(=O)(O)OCC[N+](C)(C)C. The number of quaternary nitrogens is 1. The molecule has 0 bridgehead atoms. The van der Waals surface area contributed by atoms with E-state index >= 15 is 0 Å². The number of phosphoric ester groups is 1. The predicted molar refractivity (Wildman–Crippen MR) is 289 cm³/mol. The lowest BCUT2D eigenvalue weighted by Gasteiger charge is -2.24. The van der Waals surface area contributed by atoms with E-state index in [9.17, 15) is 19.0 Å². The third kappa shape index (κ3) is 54.3. The molecule has 10 heteroatoms. The van der Waals surface area contributed by atoms with E-state index < -0.39 is 26.5 Å². The van der Waals surface area contributed by atoms with Gasteiger partial charge in [-0.15, -0.1) is 0 Å². The quantitative estimate of drug-likeness (QED) is 0.0278. The average Bonchev–Trinajstić information content (AvgIpc) is 3.30. The van der Waals surface area contributed by atoms with Gasteiger partial charge in [-0.25, -0.2) is 4.57 Å². The Kier molecular flexibility index (Phi) is 50.2. The van der Waals surface area contributed by atoms with Crippen molar-refractivity contribution in [3.63, 3.8) is 0 Å². The molecule has 1 N–H and O–H groups in total. The van der Waals surface area contributed by atoms with Crippen molar-refractivity contribution in [3.05, 3.63) is 0 Å². The number of hydrogen-bond donors (Lipinski definition) is 1. The number of nitrogens with zero attached hydrogens (tertiary/aromatic N) is 1. The van der Waals surface area contributed by atoms with E-state index in [4.69, 9.17) is 18.5 Å². The number of esters is 2. The molecule has 0 fully saturated rings. The van der Waals surface area contributed by atoms with Crippen LogP contribution < -0.4 is 0 Å². The maximum Gasteiger partial charge on any atom is 0.472 e. The Labute approximate surface area is 423 Å². The molecule has 2 atom stereocenters. The van der Waals surface area contributed by atoms with Crippen molar-refractivity contribution >= 4 is 19.8 Å². The summed E-state index contributed by atoms with van der Waals surface area (Å²) < 4.78 is 34.3. The molecule has 0 spiro atoms. The summed E-state index contributed by atoms with van der Waals surface area (Å²) in [6, 6.07) is 0. The number of phosphoric acid groups is 1. The van der Waals surface area contributed by atoms with Gasteiger partial charge in [0.05, 0.1) is 27.7 Å². The number of unbranched alkanes of at least 4 members (excludes halogenated alkanes) is 42. The highest BCUT2D eigenvalue weighted by atomic mass is 31.2. The van der Waals surface area contributed by atoms with Crippen molar-refractivity contribution in [2.24, 2.45) is 0 Å². The van der Waals surface area contributed by atoms with Gasteiger partial charge >= 0.3 is 19.8 Å². The van der Waals surface area contributed by atoms with Crippen LogP contribution in [0.5, 0.6) is 0 Å². The Hall–Kier alpha value is -0.990. The zero-order chi connectivity index (χ0) is 49.9. The number of carbonyl (C=O) groups excluding carboxylic acids is 2. The van der Waals surface area contributed by atoms with Crippen molar-refractivity contribution in [3.8, 4) is 0 Å². The first-order valence-electron chi connectivity index (χ1n) is 29.8. The highest BCUT2D eigenvalue weighted by Crippen LogP contribution is 2.43. The fourth-order valence-electron chi connectivity index (χ4n) is 9.02. The lowest BCUT2D eigenvalue weighted by Crippen LogP contribution is -2.37. The van der Waals surface area contributed by atoms with Gasteiger partial charge in [-0.3, -0.25) is 18.6 Å². The Balaban J connectivity index is 3.74. The smallest absolute Gasteiger partial charge is 0.462 e. The summed E-state index contributed by atoms with van der Waals surface area (Å²) in [6.07, 6.45) is 58.2. The minimum absolute atomic E-state index is 0.0366. The summed E-state index contributed by atoms with van der Waals surface area (Å²) in [4.78, 5) is 35.3. The van der Waals surface area contributed by atoms with Gasteiger partial charge < -0.3 is 18.9 Å². The van der Waals surface area contributed by atoms with Crippen LogP contribution in [0, 0.1) is 0 Å². The summed E-state index contributed by atoms with van der Waals surface area (Å²) in [6.45, 7) is 4.43. The number of likely N-dealkylation sites (N-methyl/N-ethyl adjacent to an activating group) is 1. The number of hydrogen-bond acceptors (Lipinski definition) is 7. The van der Waals surface area contributed by atoms with Gasteiger partial charge in [-0.1, -0.05) is 284 Å². The van der Waals surface area contributed by atoms with Crippen LogP contribution >= 0.6 is 7.82 Å². The fraction of sp³-hybridized carbons (Fsp3) is 0.966. The Morgan fingerprint density at radius 1 is 0.397 bits per heavy atom. The Bertz CT molecular complexity index is 1120. The van der Waals surface area contributed by atoms with Crippen molar-refractivity contribution < 1.29 is 42.1 Å². The third-order valence-electron chi connectivity index (χ3n) is 13.6. The normalized spacial score (nSPS) is 13.2. The fourth-order valence-corrected chi connectivity index (χ4v) is 9.76. The van der Waals surface area contributed by atoms with Crippen LogP contribution in [0.25, 0.3) is 0 Å². The molecular formula is C58H117NO8P+. The van der Waals surface area contributed by atoms with E-state index in [1.54, 1.807) is 0 Å². The summed E-state index contributed by atoms with van der Waals surface area (Å²) in [5.74, 6) is -0.787. The van der Waals surface area contributed by atoms with Gasteiger partial charge in [0.2, 0.25) is 0 Å². The van der Waals surface area contributed by atoms with E-state index in [2.05, 4.69) is 13.8 Å². The van der Waals surface area contributed by atoms with E-state index in [0.717, 1.165) is 38.5 Å². The highest BCUT2D eigenvalue weighted by molar-refractivity contribution is 7.47. The van der Waals surface area contributed by atoms with Crippen molar-refractivity contribution in [1.82, 2.24) is 0 Å². The molecule has 406 valence electrons. The van der Waals surface area contributed by atoms with Crippen LogP contribution in [0.3, 0.4) is 0 Å². The second-order valence-corrected chi connectivity index (χ2v) is 23.2. The molecule has 0 rings (SSSR count). The molecule has 0 aromatic rings. The first-order valence-corrected chi connectivity index (χ1v) is 31.3. The molecule has 9 nitrogen and oxygen atoms in total. The monoisotopic (exact) mass is 987 g/mol. The predicted octanol–water partition coefficient (Wildman–Crippen LogP) is 18.3. The summed E-state index contributed by atoms with van der Waals surface area (Å²) in [5, 5.41) is 0. The van der Waals surface area contributed by atoms with Gasteiger partial charge in [0.25, 0.3) is 0 Å². The van der Waals surface area contributed by atoms with Gasteiger partial charge in [-0.05, 0) is 12.8 Å². The van der Waals surface area contributed by atoms with Gasteiger partial charge in [0, 0.05) is 12.8 Å². The molecule has 0 aliphatic rings. The third-order valence-corrected chi connectivity index (χ3v) is 14.6. The topological polar surface area (TPSA) is 108 Å². The number of carbonyl (C=O) groups is 2. The first kappa shape index (κ1) is 67.0. The molecule has 0 aliphatic heterocycles. The van der Waals surface area contributed by atoms with E-state index in [0.29, 0.717) is 17.4 Å². The highest BCUT2D eigenvalue weighted by Gasteiger charge is 2.27. The maximum absolute atomic E-state index is 12.7. The lowest BCUT2D eigenvalue weighted by atomic mass is 10.0. The molecule has 2 unspecified atom stereocenters. The first-order chi connectivity index (χ1) is 33.0. The molecule has 0 radical (unpaired) electrons. The lowest BCUT2D eigenvalue weighted by molar-refractivity contribution is -0.870. The molecular weight excluding hydrogens is 870 g/mol. The van der Waals surface area contributed by atoms with Crippen LogP contribution in [0.1, 0.15) is 309 Å². The number of rotatable bonds is 56. The van der Waals surface area contributed by atoms with Crippen LogP contribution in [-0.4, -0.2) is 74.9 Å². The summed E-state index contributed by atoms with van der Waals surface area (Å²) in [5.41, 5.74) is 0. The molecule has 0 aliphatic carbocycles. The summed E-state index contributed by atoms with van der Waals surface area (Å²) >= 11 is 0. The molecule has 0 saturated heterocycles. The van der Waals surface area contributed by atoms with Gasteiger partial charge in [-0.2, -0.15) is 0 Å². The molecule has 0 saturated carbocycles. The van der Waals surface area contributed by atoms with E-state index in [1.165, 1.54) is 244 Å². The minimum atomic E-state index is -4.37. The van der Waals surface area contributed by atoms with E-state index in [1.807, 2.05) is 21.1 Å². The molecule has 0 heterocycles. The Morgan fingerprint density at radius 3 is 0.941 bits per heavy atom. The van der Waals surface area contributed by atoms with Crippen molar-refractivity contribution in [1.29, 1.82) is 0 Å². The average molecular weight is 988 g/mol. The molecule has 0 aromatic heterocycles. The van der Waals surface area contributed by atoms with Crippen LogP contribution in [-0.2, 0) is 32.7 Å². The number of ether oxygens (including phenoxy) is 2. The van der Waals surface area contributed by atoms with E-state index in [-0.39, 0.29) is 25.6 Å². The van der Waals surface area contributed by atoms with Crippen molar-refractivity contribution in [2.75, 3.05) is 47.5 Å². The van der Waals surface area contributed by atoms with Crippen molar-refractivity contribution in [2.45, 2.75) is 315 Å².